The number of aryl methyl sites for hydroxylation is 2. The number of para-hydroxylation sites is 1. The number of carbonyl (C=O) groups is 1. The van der Waals surface area contributed by atoms with Crippen LogP contribution in [0, 0.1) is 13.8 Å². The van der Waals surface area contributed by atoms with Gasteiger partial charge in [-0.15, -0.1) is 0 Å². The minimum atomic E-state index is -0.597. The summed E-state index contributed by atoms with van der Waals surface area (Å²) in [5.41, 5.74) is 7.81. The Bertz CT molecular complexity index is 995. The first kappa shape index (κ1) is 19.7. The molecule has 0 spiro atoms. The summed E-state index contributed by atoms with van der Waals surface area (Å²) in [6, 6.07) is 5.70. The van der Waals surface area contributed by atoms with Gasteiger partial charge in [-0.3, -0.25) is 14.2 Å². The maximum Gasteiger partial charge on any atom is 0.332 e. The Morgan fingerprint density at radius 1 is 1.11 bits per heavy atom. The van der Waals surface area contributed by atoms with Crippen molar-refractivity contribution in [1.82, 2.24) is 9.13 Å². The fraction of sp³-hybridized carbons (Fsp3) is 0.450. The lowest BCUT2D eigenvalue weighted by atomic mass is 10.1. The molecule has 0 radical (unpaired) electrons. The Kier molecular flexibility index (Phi) is 5.58. The zero-order chi connectivity index (χ0) is 20.4. The molecule has 1 aromatic carbocycles. The van der Waals surface area contributed by atoms with E-state index in [2.05, 4.69) is 5.32 Å². The van der Waals surface area contributed by atoms with E-state index < -0.39 is 17.2 Å². The third-order valence-electron chi connectivity index (χ3n) is 5.29. The first-order valence-electron chi connectivity index (χ1n) is 9.51. The van der Waals surface area contributed by atoms with Crippen molar-refractivity contribution in [1.29, 1.82) is 0 Å². The van der Waals surface area contributed by atoms with Gasteiger partial charge in [0.2, 0.25) is 5.91 Å². The lowest BCUT2D eigenvalue weighted by molar-refractivity contribution is -0.116. The SMILES string of the molecule is Cc1cccc(C)c1NC(=O)Cn1c(=O)c(N2CCCCC2)c(N)n(C)c1=O. The van der Waals surface area contributed by atoms with Gasteiger partial charge in [-0.25, -0.2) is 9.36 Å². The molecular formula is C20H27N5O3. The predicted molar refractivity (Wildman–Crippen MR) is 111 cm³/mol. The largest absolute Gasteiger partial charge is 0.383 e. The summed E-state index contributed by atoms with van der Waals surface area (Å²) in [5.74, 6) is -0.283. The highest BCUT2D eigenvalue weighted by molar-refractivity contribution is 5.92. The van der Waals surface area contributed by atoms with Crippen LogP contribution in [0.1, 0.15) is 30.4 Å². The molecule has 0 atom stereocenters. The molecule has 0 unspecified atom stereocenters. The first-order valence-corrected chi connectivity index (χ1v) is 9.51. The second-order valence-electron chi connectivity index (χ2n) is 7.33. The number of hydrogen-bond donors (Lipinski definition) is 2. The normalized spacial score (nSPS) is 14.2. The number of nitrogens with one attached hydrogen (secondary N) is 1. The molecule has 150 valence electrons. The Labute approximate surface area is 163 Å². The van der Waals surface area contributed by atoms with E-state index in [9.17, 15) is 14.4 Å². The maximum absolute atomic E-state index is 13.0. The summed E-state index contributed by atoms with van der Waals surface area (Å²) < 4.78 is 2.20. The Morgan fingerprint density at radius 3 is 2.32 bits per heavy atom. The number of piperidine rings is 1. The van der Waals surface area contributed by atoms with Crippen LogP contribution in [0.2, 0.25) is 0 Å². The van der Waals surface area contributed by atoms with E-state index in [-0.39, 0.29) is 12.4 Å². The van der Waals surface area contributed by atoms with Crippen molar-refractivity contribution in [3.05, 3.63) is 50.2 Å². The van der Waals surface area contributed by atoms with Crippen molar-refractivity contribution in [2.75, 3.05) is 29.0 Å². The van der Waals surface area contributed by atoms with Crippen molar-refractivity contribution < 1.29 is 4.79 Å². The minimum absolute atomic E-state index is 0.142. The number of nitrogens with two attached hydrogens (primary N) is 1. The quantitative estimate of drug-likeness (QED) is 0.828. The summed E-state index contributed by atoms with van der Waals surface area (Å²) in [4.78, 5) is 40.2. The van der Waals surface area contributed by atoms with Crippen LogP contribution in [0.15, 0.2) is 27.8 Å². The summed E-state index contributed by atoms with van der Waals surface area (Å²) in [7, 11) is 1.52. The van der Waals surface area contributed by atoms with Crippen LogP contribution in [0.5, 0.6) is 0 Å². The van der Waals surface area contributed by atoms with Crippen molar-refractivity contribution in [2.45, 2.75) is 39.7 Å². The number of carbonyl (C=O) groups excluding carboxylic acids is 1. The highest BCUT2D eigenvalue weighted by Crippen LogP contribution is 2.21. The zero-order valence-electron chi connectivity index (χ0n) is 16.6. The Morgan fingerprint density at radius 2 is 1.71 bits per heavy atom. The molecule has 1 saturated heterocycles. The number of nitrogens with zero attached hydrogens (tertiary/aromatic N) is 3. The number of rotatable bonds is 4. The summed E-state index contributed by atoms with van der Waals surface area (Å²) in [6.45, 7) is 4.86. The third kappa shape index (κ3) is 3.67. The molecule has 2 aromatic rings. The monoisotopic (exact) mass is 385 g/mol. The van der Waals surface area contributed by atoms with Gasteiger partial charge >= 0.3 is 5.69 Å². The highest BCUT2D eigenvalue weighted by atomic mass is 16.2. The second-order valence-corrected chi connectivity index (χ2v) is 7.33. The fourth-order valence-electron chi connectivity index (χ4n) is 3.66. The van der Waals surface area contributed by atoms with Crippen molar-refractivity contribution in [2.24, 2.45) is 7.05 Å². The second kappa shape index (κ2) is 7.92. The van der Waals surface area contributed by atoms with E-state index in [0.717, 1.165) is 35.0 Å². The van der Waals surface area contributed by atoms with Gasteiger partial charge in [-0.2, -0.15) is 0 Å². The molecule has 1 aromatic heterocycles. The van der Waals surface area contributed by atoms with Gasteiger partial charge < -0.3 is 16.0 Å². The van der Waals surface area contributed by atoms with Gasteiger partial charge in [0, 0.05) is 25.8 Å². The maximum atomic E-state index is 13.0. The van der Waals surface area contributed by atoms with Crippen molar-refractivity contribution in [3.63, 3.8) is 0 Å². The average molecular weight is 385 g/mol. The smallest absolute Gasteiger partial charge is 0.332 e. The molecule has 2 heterocycles. The van der Waals surface area contributed by atoms with Crippen molar-refractivity contribution >= 4 is 23.1 Å². The molecule has 1 fully saturated rings. The molecule has 28 heavy (non-hydrogen) atoms. The van der Waals surface area contributed by atoms with Crippen LogP contribution in [0.4, 0.5) is 17.2 Å². The Balaban J connectivity index is 1.95. The molecule has 0 saturated carbocycles. The lowest BCUT2D eigenvalue weighted by Crippen LogP contribution is -2.46. The van der Waals surface area contributed by atoms with E-state index in [1.54, 1.807) is 0 Å². The fourth-order valence-corrected chi connectivity index (χ4v) is 3.66. The van der Waals surface area contributed by atoms with Crippen LogP contribution in [-0.4, -0.2) is 28.1 Å². The predicted octanol–water partition coefficient (Wildman–Crippen LogP) is 1.38. The van der Waals surface area contributed by atoms with Crippen LogP contribution in [0.25, 0.3) is 0 Å². The van der Waals surface area contributed by atoms with Gasteiger partial charge in [0.25, 0.3) is 5.56 Å². The standard InChI is InChI=1S/C20H27N5O3/c1-13-8-7-9-14(2)16(13)22-15(26)12-25-19(27)17(18(21)23(3)20(25)28)24-10-5-4-6-11-24/h7-9H,4-6,10-12,21H2,1-3H3,(H,22,26). The number of anilines is 3. The molecule has 3 N–H and O–H groups in total. The van der Waals surface area contributed by atoms with Gasteiger partial charge in [0.15, 0.2) is 0 Å². The highest BCUT2D eigenvalue weighted by Gasteiger charge is 2.23. The molecule has 1 aliphatic heterocycles. The molecule has 8 nitrogen and oxygen atoms in total. The lowest BCUT2D eigenvalue weighted by Gasteiger charge is -2.29. The van der Waals surface area contributed by atoms with Crippen LogP contribution in [-0.2, 0) is 18.4 Å². The molecule has 0 aliphatic carbocycles. The van der Waals surface area contributed by atoms with Crippen molar-refractivity contribution in [3.8, 4) is 0 Å². The van der Waals surface area contributed by atoms with Gasteiger partial charge in [0.05, 0.1) is 0 Å². The number of amides is 1. The minimum Gasteiger partial charge on any atom is -0.383 e. The van der Waals surface area contributed by atoms with Crippen LogP contribution in [0.3, 0.4) is 0 Å². The van der Waals surface area contributed by atoms with Gasteiger partial charge in [0.1, 0.15) is 18.1 Å². The topological polar surface area (TPSA) is 102 Å². The summed E-state index contributed by atoms with van der Waals surface area (Å²) >= 11 is 0. The zero-order valence-corrected chi connectivity index (χ0v) is 16.6. The van der Waals surface area contributed by atoms with E-state index in [0.29, 0.717) is 24.5 Å². The van der Waals surface area contributed by atoms with E-state index >= 15 is 0 Å². The van der Waals surface area contributed by atoms with E-state index in [1.807, 2.05) is 36.9 Å². The number of aromatic nitrogens is 2. The average Bonchev–Trinajstić information content (AvgIpc) is 2.68. The number of hydrogen-bond acceptors (Lipinski definition) is 5. The molecular weight excluding hydrogens is 358 g/mol. The van der Waals surface area contributed by atoms with Gasteiger partial charge in [-0.05, 0) is 44.2 Å². The molecule has 1 amide bonds. The number of nitrogen functional groups attached to an aromatic ring is 1. The summed E-state index contributed by atoms with van der Waals surface area (Å²) in [6.07, 6.45) is 3.04. The third-order valence-corrected chi connectivity index (χ3v) is 5.29. The van der Waals surface area contributed by atoms with E-state index in [1.165, 1.54) is 11.6 Å². The molecule has 3 rings (SSSR count). The first-order chi connectivity index (χ1) is 13.3. The Hall–Kier alpha value is -3.03. The van der Waals surface area contributed by atoms with E-state index in [4.69, 9.17) is 5.73 Å². The molecule has 1 aliphatic rings. The molecule has 8 heteroatoms. The van der Waals surface area contributed by atoms with Crippen LogP contribution >= 0.6 is 0 Å². The summed E-state index contributed by atoms with van der Waals surface area (Å²) in [5, 5.41) is 2.82. The van der Waals surface area contributed by atoms with Gasteiger partial charge in [-0.1, -0.05) is 18.2 Å². The van der Waals surface area contributed by atoms with Crippen LogP contribution < -0.4 is 27.2 Å². The molecule has 0 bridgehead atoms. The number of benzene rings is 1.